The van der Waals surface area contributed by atoms with Crippen LogP contribution in [0, 0.1) is 5.92 Å². The lowest BCUT2D eigenvalue weighted by atomic mass is 9.85. The lowest BCUT2D eigenvalue weighted by molar-refractivity contribution is -0.115. The molecule has 1 aliphatic carbocycles. The number of ether oxygens (including phenoxy) is 3. The lowest BCUT2D eigenvalue weighted by Gasteiger charge is -2.20. The number of allylic oxidation sites excluding steroid dienone is 3. The number of fused-ring (bicyclic) bond motifs is 2. The summed E-state index contributed by atoms with van der Waals surface area (Å²) in [6.45, 7) is 1.40. The summed E-state index contributed by atoms with van der Waals surface area (Å²) in [4.78, 5) is 42.3. The van der Waals surface area contributed by atoms with Crippen molar-refractivity contribution in [1.29, 1.82) is 0 Å². The van der Waals surface area contributed by atoms with Crippen LogP contribution in [0.25, 0.3) is 5.70 Å². The number of hydrogen-bond donors (Lipinski definition) is 2. The number of aryl methyl sites for hydroxylation is 1. The molecule has 3 aliphatic rings. The zero-order valence-electron chi connectivity index (χ0n) is 23.0. The molecule has 1 aromatic carbocycles. The number of nitrogens with one attached hydrogen (secondary N) is 2. The number of carbonyl (C=O) groups is 2. The van der Waals surface area contributed by atoms with Gasteiger partial charge in [0, 0.05) is 50.7 Å². The summed E-state index contributed by atoms with van der Waals surface area (Å²) >= 11 is 0. The Hall–Kier alpha value is -4.73. The number of nitrogens with zero attached hydrogens (tertiary/aromatic N) is 3. The molecule has 1 saturated heterocycles. The molecule has 2 amide bonds. The fraction of sp³-hybridized carbons (Fsp3) is 0.310. The molecule has 0 bridgehead atoms. The van der Waals surface area contributed by atoms with Crippen LogP contribution in [0.15, 0.2) is 65.2 Å². The van der Waals surface area contributed by atoms with Crippen molar-refractivity contribution in [3.05, 3.63) is 76.5 Å². The Kier molecular flexibility index (Phi) is 7.25. The summed E-state index contributed by atoms with van der Waals surface area (Å²) in [6, 6.07) is 7.10. The van der Waals surface area contributed by atoms with Gasteiger partial charge in [0.15, 0.2) is 11.5 Å². The number of carbonyl (C=O) groups excluding carboxylic acids is 3. The fourth-order valence-corrected chi connectivity index (χ4v) is 4.88. The van der Waals surface area contributed by atoms with Crippen LogP contribution >= 0.6 is 0 Å². The van der Waals surface area contributed by atoms with Crippen molar-refractivity contribution in [2.24, 2.45) is 13.0 Å². The summed E-state index contributed by atoms with van der Waals surface area (Å²) in [5, 5.41) is 6.24. The van der Waals surface area contributed by atoms with Gasteiger partial charge in [0.2, 0.25) is 6.79 Å². The van der Waals surface area contributed by atoms with Gasteiger partial charge in [-0.2, -0.15) is 0 Å². The van der Waals surface area contributed by atoms with Gasteiger partial charge >= 0.3 is 0 Å². The average molecular weight is 546 g/mol. The molecular formula is C29H31N5O6. The van der Waals surface area contributed by atoms with E-state index in [0.717, 1.165) is 6.54 Å². The van der Waals surface area contributed by atoms with Gasteiger partial charge in [-0.25, -0.2) is 4.79 Å². The van der Waals surface area contributed by atoms with Crippen LogP contribution in [0.1, 0.15) is 16.1 Å². The molecule has 11 nitrogen and oxygen atoms in total. The number of anilines is 1. The molecule has 2 aliphatic heterocycles. The maximum Gasteiger partial charge on any atom is 0.270 e. The summed E-state index contributed by atoms with van der Waals surface area (Å²) in [7, 11) is 8.96. The van der Waals surface area contributed by atoms with E-state index in [4.69, 9.17) is 14.2 Å². The molecular weight excluding hydrogens is 514 g/mol. The van der Waals surface area contributed by atoms with Crippen LogP contribution in [-0.2, 0) is 21.4 Å². The minimum absolute atomic E-state index is 0.0994. The SMILES string of the molecule is COC1=CC(=C=O)C2C(=C1)NC(=O)C2=C(Nc1cc(C(=O)N(C)CCN(C)C)n(C)c1)c1ccc2c(c1)OCO2. The van der Waals surface area contributed by atoms with Gasteiger partial charge in [-0.05, 0) is 44.4 Å². The van der Waals surface area contributed by atoms with Crippen molar-refractivity contribution in [1.82, 2.24) is 19.7 Å². The predicted molar refractivity (Wildman–Crippen MR) is 148 cm³/mol. The van der Waals surface area contributed by atoms with Crippen LogP contribution in [0.5, 0.6) is 11.5 Å². The highest BCUT2D eigenvalue weighted by molar-refractivity contribution is 6.09. The molecule has 208 valence electrons. The van der Waals surface area contributed by atoms with E-state index in [1.54, 1.807) is 60.1 Å². The van der Waals surface area contributed by atoms with E-state index in [1.807, 2.05) is 31.0 Å². The Labute approximate surface area is 232 Å². The molecule has 0 radical (unpaired) electrons. The summed E-state index contributed by atoms with van der Waals surface area (Å²) in [6.07, 6.45) is 5.04. The van der Waals surface area contributed by atoms with Crippen molar-refractivity contribution < 1.29 is 28.6 Å². The number of aromatic nitrogens is 1. The van der Waals surface area contributed by atoms with Gasteiger partial charge in [0.1, 0.15) is 17.4 Å². The van der Waals surface area contributed by atoms with E-state index in [0.29, 0.717) is 57.7 Å². The van der Waals surface area contributed by atoms with Gasteiger partial charge in [-0.15, -0.1) is 0 Å². The summed E-state index contributed by atoms with van der Waals surface area (Å²) < 4.78 is 18.1. The topological polar surface area (TPSA) is 114 Å². The van der Waals surface area contributed by atoms with Crippen LogP contribution in [0.3, 0.4) is 0 Å². The van der Waals surface area contributed by atoms with Crippen LogP contribution in [-0.4, -0.2) is 80.3 Å². The molecule has 1 aromatic heterocycles. The third kappa shape index (κ3) is 5.00. The van der Waals surface area contributed by atoms with E-state index in [1.165, 1.54) is 7.11 Å². The van der Waals surface area contributed by atoms with Crippen molar-refractivity contribution in [3.8, 4) is 11.5 Å². The highest BCUT2D eigenvalue weighted by Crippen LogP contribution is 2.42. The van der Waals surface area contributed by atoms with Gasteiger partial charge in [-0.3, -0.25) is 9.59 Å². The normalized spacial score (nSPS) is 18.5. The molecule has 1 unspecified atom stereocenters. The van der Waals surface area contributed by atoms with E-state index in [-0.39, 0.29) is 24.2 Å². The molecule has 1 fully saturated rings. The molecule has 5 rings (SSSR count). The number of rotatable bonds is 8. The highest BCUT2D eigenvalue weighted by Gasteiger charge is 2.41. The molecule has 1 atom stereocenters. The minimum Gasteiger partial charge on any atom is -0.497 e. The smallest absolute Gasteiger partial charge is 0.270 e. The van der Waals surface area contributed by atoms with Gasteiger partial charge in [-0.1, -0.05) is 0 Å². The Morgan fingerprint density at radius 2 is 1.95 bits per heavy atom. The highest BCUT2D eigenvalue weighted by atomic mass is 16.7. The minimum atomic E-state index is -0.682. The second-order valence-electron chi connectivity index (χ2n) is 10.0. The Morgan fingerprint density at radius 1 is 1.18 bits per heavy atom. The first-order valence-corrected chi connectivity index (χ1v) is 12.7. The largest absolute Gasteiger partial charge is 0.497 e. The lowest BCUT2D eigenvalue weighted by Crippen LogP contribution is -2.34. The molecule has 0 spiro atoms. The quantitative estimate of drug-likeness (QED) is 0.383. The summed E-state index contributed by atoms with van der Waals surface area (Å²) in [5.74, 6) is 2.36. The number of hydrogen-bond acceptors (Lipinski definition) is 8. The van der Waals surface area contributed by atoms with Crippen molar-refractivity contribution in [2.45, 2.75) is 0 Å². The predicted octanol–water partition coefficient (Wildman–Crippen LogP) is 2.14. The maximum absolute atomic E-state index is 13.4. The van der Waals surface area contributed by atoms with Crippen molar-refractivity contribution in [3.63, 3.8) is 0 Å². The summed E-state index contributed by atoms with van der Waals surface area (Å²) in [5.41, 5.74) is 3.28. The molecule has 2 aromatic rings. The third-order valence-corrected chi connectivity index (χ3v) is 7.02. The maximum atomic E-state index is 13.4. The van der Waals surface area contributed by atoms with Crippen molar-refractivity contribution in [2.75, 3.05) is 53.5 Å². The first-order chi connectivity index (χ1) is 19.2. The number of likely N-dealkylation sites (N-methyl/N-ethyl adjacent to an activating group) is 2. The molecule has 3 heterocycles. The van der Waals surface area contributed by atoms with Crippen LogP contribution < -0.4 is 20.1 Å². The second kappa shape index (κ2) is 10.8. The van der Waals surface area contributed by atoms with E-state index < -0.39 is 5.92 Å². The zero-order chi connectivity index (χ0) is 28.6. The monoisotopic (exact) mass is 545 g/mol. The standard InChI is InChI=1S/C29H31N5O6/c1-32(2)8-9-33(3)29(37)22-12-19(14-34(22)4)30-27(17-6-7-23-24(11-17)40-16-39-23)26-25-18(15-35)10-20(38-5)13-21(25)31-28(26)36/h6-7,10-14,25,30H,8-9,16H2,1-5H3,(H,31,36). The number of amides is 2. The fourth-order valence-electron chi connectivity index (χ4n) is 4.88. The zero-order valence-corrected chi connectivity index (χ0v) is 23.0. The Morgan fingerprint density at radius 3 is 2.67 bits per heavy atom. The van der Waals surface area contributed by atoms with Crippen molar-refractivity contribution >= 4 is 29.1 Å². The third-order valence-electron chi connectivity index (χ3n) is 7.02. The first-order valence-electron chi connectivity index (χ1n) is 12.7. The van der Waals surface area contributed by atoms with Crippen LogP contribution in [0.4, 0.5) is 5.69 Å². The Bertz CT molecular complexity index is 1530. The molecule has 0 saturated carbocycles. The average Bonchev–Trinajstić information content (AvgIpc) is 3.64. The van der Waals surface area contributed by atoms with Gasteiger partial charge in [0.25, 0.3) is 11.8 Å². The molecule has 2 N–H and O–H groups in total. The molecule has 11 heteroatoms. The second-order valence-corrected chi connectivity index (χ2v) is 10.0. The first kappa shape index (κ1) is 26.9. The van der Waals surface area contributed by atoms with E-state index in [2.05, 4.69) is 10.6 Å². The number of methoxy groups -OCH3 is 1. The van der Waals surface area contributed by atoms with Gasteiger partial charge in [0.05, 0.1) is 35.6 Å². The van der Waals surface area contributed by atoms with E-state index >= 15 is 0 Å². The van der Waals surface area contributed by atoms with Crippen LogP contribution in [0.2, 0.25) is 0 Å². The Balaban J connectivity index is 1.58. The number of benzene rings is 1. The van der Waals surface area contributed by atoms with Gasteiger partial charge < -0.3 is 39.2 Å². The molecule has 40 heavy (non-hydrogen) atoms. The van der Waals surface area contributed by atoms with E-state index in [9.17, 15) is 14.4 Å².